The molecule has 1 aliphatic carbocycles. The van der Waals surface area contributed by atoms with Gasteiger partial charge in [0.1, 0.15) is 6.54 Å². The van der Waals surface area contributed by atoms with Gasteiger partial charge in [-0.3, -0.25) is 4.79 Å². The molecule has 0 radical (unpaired) electrons. The molecule has 0 saturated heterocycles. The van der Waals surface area contributed by atoms with Crippen molar-refractivity contribution >= 4 is 17.2 Å². The fourth-order valence-electron chi connectivity index (χ4n) is 3.20. The molecule has 4 heteroatoms. The summed E-state index contributed by atoms with van der Waals surface area (Å²) in [5.74, 6) is 0.149. The summed E-state index contributed by atoms with van der Waals surface area (Å²) in [7, 11) is 2.08. The summed E-state index contributed by atoms with van der Waals surface area (Å²) in [6, 6.07) is 12.9. The van der Waals surface area contributed by atoms with E-state index < -0.39 is 0 Å². The third-order valence-corrected chi connectivity index (χ3v) is 5.10. The molecular weight excluding hydrogens is 292 g/mol. The minimum Gasteiger partial charge on any atom is -0.344 e. The van der Waals surface area contributed by atoms with E-state index in [9.17, 15) is 4.79 Å². The summed E-state index contributed by atoms with van der Waals surface area (Å²) in [6.45, 7) is 1.43. The van der Waals surface area contributed by atoms with Crippen LogP contribution >= 0.6 is 11.3 Å². The fraction of sp³-hybridized carbons (Fsp3) is 0.389. The van der Waals surface area contributed by atoms with Crippen molar-refractivity contribution in [2.45, 2.75) is 31.8 Å². The maximum atomic E-state index is 12.3. The molecule has 0 aliphatic heterocycles. The van der Waals surface area contributed by atoms with E-state index in [4.69, 9.17) is 0 Å². The highest BCUT2D eigenvalue weighted by Gasteiger charge is 2.22. The second-order valence-corrected chi connectivity index (χ2v) is 7.13. The molecule has 1 aromatic carbocycles. The van der Waals surface area contributed by atoms with Crippen LogP contribution in [0.25, 0.3) is 0 Å². The van der Waals surface area contributed by atoms with Crippen LogP contribution in [0.3, 0.4) is 0 Å². The lowest BCUT2D eigenvalue weighted by Crippen LogP contribution is -3.08. The quantitative estimate of drug-likeness (QED) is 0.869. The normalized spacial score (nSPS) is 18.5. The van der Waals surface area contributed by atoms with Gasteiger partial charge in [0.15, 0.2) is 6.54 Å². The monoisotopic (exact) mass is 315 g/mol. The molecule has 2 atom stereocenters. The first-order chi connectivity index (χ1) is 10.7. The highest BCUT2D eigenvalue weighted by atomic mass is 32.1. The maximum absolute atomic E-state index is 12.3. The summed E-state index contributed by atoms with van der Waals surface area (Å²) in [6.07, 6.45) is 3.33. The topological polar surface area (TPSA) is 33.5 Å². The second kappa shape index (κ2) is 7.07. The molecule has 116 valence electrons. The van der Waals surface area contributed by atoms with Gasteiger partial charge in [0.2, 0.25) is 0 Å². The third kappa shape index (κ3) is 3.76. The van der Waals surface area contributed by atoms with Gasteiger partial charge >= 0.3 is 0 Å². The molecule has 2 N–H and O–H groups in total. The van der Waals surface area contributed by atoms with Crippen LogP contribution in [0.15, 0.2) is 41.8 Å². The van der Waals surface area contributed by atoms with E-state index in [0.29, 0.717) is 6.54 Å². The number of thiophene rings is 1. The largest absolute Gasteiger partial charge is 0.344 e. The Morgan fingerprint density at radius 2 is 2.18 bits per heavy atom. The Morgan fingerprint density at radius 1 is 1.32 bits per heavy atom. The molecule has 0 bridgehead atoms. The molecule has 0 saturated carbocycles. The third-order valence-electron chi connectivity index (χ3n) is 4.22. The number of hydrogen-bond acceptors (Lipinski definition) is 2. The van der Waals surface area contributed by atoms with E-state index in [0.717, 1.165) is 25.8 Å². The number of fused-ring (bicyclic) bond motifs is 1. The van der Waals surface area contributed by atoms with Gasteiger partial charge in [-0.25, -0.2) is 0 Å². The summed E-state index contributed by atoms with van der Waals surface area (Å²) in [5.41, 5.74) is 2.69. The van der Waals surface area contributed by atoms with Gasteiger partial charge in [0.25, 0.3) is 5.91 Å². The number of nitrogens with one attached hydrogen (secondary N) is 2. The van der Waals surface area contributed by atoms with Crippen LogP contribution < -0.4 is 10.2 Å². The van der Waals surface area contributed by atoms with Crippen LogP contribution in [0.2, 0.25) is 0 Å². The predicted octanol–water partition coefficient (Wildman–Crippen LogP) is 1.96. The minimum atomic E-state index is 0.149. The Bertz CT molecular complexity index is 624. The summed E-state index contributed by atoms with van der Waals surface area (Å²) in [4.78, 5) is 14.9. The molecule has 1 unspecified atom stereocenters. The Kier molecular flexibility index (Phi) is 4.90. The highest BCUT2D eigenvalue weighted by molar-refractivity contribution is 7.09. The SMILES string of the molecule is C[NH+](CC(=O)N[C@H]1CCCc2ccccc21)Cc1cccs1. The first kappa shape index (κ1) is 15.3. The lowest BCUT2D eigenvalue weighted by Gasteiger charge is -2.26. The van der Waals surface area contributed by atoms with Crippen LogP contribution in [0.1, 0.15) is 34.9 Å². The van der Waals surface area contributed by atoms with Crippen molar-refractivity contribution in [1.82, 2.24) is 5.32 Å². The average Bonchev–Trinajstić information content (AvgIpc) is 3.00. The van der Waals surface area contributed by atoms with Crippen molar-refractivity contribution in [3.8, 4) is 0 Å². The molecule has 22 heavy (non-hydrogen) atoms. The van der Waals surface area contributed by atoms with Gasteiger partial charge < -0.3 is 10.2 Å². The van der Waals surface area contributed by atoms with Crippen molar-refractivity contribution < 1.29 is 9.69 Å². The Morgan fingerprint density at radius 3 is 3.00 bits per heavy atom. The molecule has 1 amide bonds. The highest BCUT2D eigenvalue weighted by Crippen LogP contribution is 2.29. The number of carbonyl (C=O) groups excluding carboxylic acids is 1. The predicted molar refractivity (Wildman–Crippen MR) is 90.0 cm³/mol. The molecule has 1 aromatic heterocycles. The number of rotatable bonds is 5. The molecule has 1 aliphatic rings. The number of likely N-dealkylation sites (N-methyl/N-ethyl adjacent to an activating group) is 1. The standard InChI is InChI=1S/C18H22N2OS/c1-20(12-15-8-5-11-22-15)13-18(21)19-17-10-4-7-14-6-2-3-9-16(14)17/h2-3,5-6,8-9,11,17H,4,7,10,12-13H2,1H3,(H,19,21)/p+1/t17-/m0/s1. The van der Waals surface area contributed by atoms with E-state index in [1.165, 1.54) is 20.9 Å². The Balaban J connectivity index is 1.56. The number of benzene rings is 1. The van der Waals surface area contributed by atoms with Gasteiger partial charge in [0.05, 0.1) is 18.0 Å². The smallest absolute Gasteiger partial charge is 0.275 e. The van der Waals surface area contributed by atoms with Crippen molar-refractivity contribution in [3.05, 3.63) is 57.8 Å². The second-order valence-electron chi connectivity index (χ2n) is 6.10. The van der Waals surface area contributed by atoms with E-state index in [1.807, 2.05) is 0 Å². The van der Waals surface area contributed by atoms with Crippen molar-refractivity contribution in [1.29, 1.82) is 0 Å². The summed E-state index contributed by atoms with van der Waals surface area (Å²) >= 11 is 1.75. The summed E-state index contributed by atoms with van der Waals surface area (Å²) in [5, 5.41) is 5.31. The van der Waals surface area contributed by atoms with Gasteiger partial charge in [0, 0.05) is 0 Å². The van der Waals surface area contributed by atoms with Gasteiger partial charge in [-0.05, 0) is 41.8 Å². The lowest BCUT2D eigenvalue weighted by molar-refractivity contribution is -0.885. The van der Waals surface area contributed by atoms with Crippen molar-refractivity contribution in [2.75, 3.05) is 13.6 Å². The maximum Gasteiger partial charge on any atom is 0.275 e. The molecule has 1 heterocycles. The van der Waals surface area contributed by atoms with Gasteiger partial charge in [-0.1, -0.05) is 30.3 Å². The molecule has 0 fully saturated rings. The zero-order valence-corrected chi connectivity index (χ0v) is 13.8. The van der Waals surface area contributed by atoms with Gasteiger partial charge in [-0.15, -0.1) is 11.3 Å². The zero-order chi connectivity index (χ0) is 15.4. The van der Waals surface area contributed by atoms with Crippen LogP contribution in [-0.2, 0) is 17.8 Å². The van der Waals surface area contributed by atoms with E-state index in [-0.39, 0.29) is 11.9 Å². The Hall–Kier alpha value is -1.65. The Labute approximate surface area is 136 Å². The van der Waals surface area contributed by atoms with E-state index >= 15 is 0 Å². The number of hydrogen-bond donors (Lipinski definition) is 2. The minimum absolute atomic E-state index is 0.149. The molecule has 3 rings (SSSR count). The molecule has 0 spiro atoms. The van der Waals surface area contributed by atoms with Crippen LogP contribution in [-0.4, -0.2) is 19.5 Å². The molecule has 3 nitrogen and oxygen atoms in total. The number of amides is 1. The molecular formula is C18H23N2OS+. The van der Waals surface area contributed by atoms with Crippen LogP contribution in [0, 0.1) is 0 Å². The van der Waals surface area contributed by atoms with Crippen molar-refractivity contribution in [2.24, 2.45) is 0 Å². The number of carbonyl (C=O) groups is 1. The van der Waals surface area contributed by atoms with E-state index in [2.05, 4.69) is 54.1 Å². The summed E-state index contributed by atoms with van der Waals surface area (Å²) < 4.78 is 0. The lowest BCUT2D eigenvalue weighted by atomic mass is 9.88. The van der Waals surface area contributed by atoms with Crippen LogP contribution in [0.4, 0.5) is 0 Å². The average molecular weight is 315 g/mol. The van der Waals surface area contributed by atoms with Crippen LogP contribution in [0.5, 0.6) is 0 Å². The zero-order valence-electron chi connectivity index (χ0n) is 13.0. The number of quaternary nitrogens is 1. The van der Waals surface area contributed by atoms with Crippen molar-refractivity contribution in [3.63, 3.8) is 0 Å². The first-order valence-electron chi connectivity index (χ1n) is 7.93. The molecule has 2 aromatic rings. The number of aryl methyl sites for hydroxylation is 1. The fourth-order valence-corrected chi connectivity index (χ4v) is 4.02. The van der Waals surface area contributed by atoms with E-state index in [1.54, 1.807) is 11.3 Å². The first-order valence-corrected chi connectivity index (χ1v) is 8.81. The van der Waals surface area contributed by atoms with Gasteiger partial charge in [-0.2, -0.15) is 0 Å².